The molecule has 1 aliphatic rings. The number of imide groups is 1. The van der Waals surface area contributed by atoms with Crippen LogP contribution in [-0.4, -0.2) is 29.4 Å². The molecule has 0 spiro atoms. The third kappa shape index (κ3) is 2.63. The summed E-state index contributed by atoms with van der Waals surface area (Å²) in [4.78, 5) is 27.0. The summed E-state index contributed by atoms with van der Waals surface area (Å²) < 4.78 is 5.54. The van der Waals surface area contributed by atoms with Crippen LogP contribution in [0.25, 0.3) is 0 Å². The SMILES string of the molecule is COC(C)(C)C1C(=O)N(C(=O)c2ccccc2)C1c1ccccc1. The molecule has 124 valence electrons. The summed E-state index contributed by atoms with van der Waals surface area (Å²) in [6, 6.07) is 18.2. The maximum atomic E-state index is 12.8. The average molecular weight is 323 g/mol. The number of carbonyl (C=O) groups is 2. The molecule has 0 bridgehead atoms. The van der Waals surface area contributed by atoms with Crippen molar-refractivity contribution in [2.45, 2.75) is 25.5 Å². The fourth-order valence-corrected chi connectivity index (χ4v) is 3.23. The molecule has 1 saturated heterocycles. The molecule has 0 aliphatic carbocycles. The van der Waals surface area contributed by atoms with Crippen LogP contribution in [0.3, 0.4) is 0 Å². The van der Waals surface area contributed by atoms with Gasteiger partial charge in [-0.2, -0.15) is 0 Å². The first-order valence-corrected chi connectivity index (χ1v) is 8.00. The van der Waals surface area contributed by atoms with E-state index in [-0.39, 0.29) is 17.9 Å². The molecule has 1 aliphatic heterocycles. The van der Waals surface area contributed by atoms with Gasteiger partial charge in [-0.3, -0.25) is 14.5 Å². The highest BCUT2D eigenvalue weighted by Crippen LogP contribution is 2.47. The Morgan fingerprint density at radius 3 is 2.08 bits per heavy atom. The summed E-state index contributed by atoms with van der Waals surface area (Å²) in [7, 11) is 1.59. The Kier molecular flexibility index (Phi) is 4.24. The van der Waals surface area contributed by atoms with Gasteiger partial charge in [-0.15, -0.1) is 0 Å². The van der Waals surface area contributed by atoms with E-state index in [0.717, 1.165) is 5.56 Å². The Balaban J connectivity index is 2.00. The number of ether oxygens (including phenoxy) is 1. The van der Waals surface area contributed by atoms with E-state index in [9.17, 15) is 9.59 Å². The molecule has 1 heterocycles. The Bertz CT molecular complexity index is 740. The summed E-state index contributed by atoms with van der Waals surface area (Å²) in [5.74, 6) is -0.847. The van der Waals surface area contributed by atoms with Crippen molar-refractivity contribution in [3.05, 3.63) is 71.8 Å². The number of nitrogens with zero attached hydrogens (tertiary/aromatic N) is 1. The number of methoxy groups -OCH3 is 1. The molecule has 0 radical (unpaired) electrons. The summed E-state index contributed by atoms with van der Waals surface area (Å²) >= 11 is 0. The molecular formula is C20H21NO3. The second-order valence-electron chi connectivity index (χ2n) is 6.52. The van der Waals surface area contributed by atoms with Gasteiger partial charge in [-0.05, 0) is 31.5 Å². The summed E-state index contributed by atoms with van der Waals surface area (Å²) in [5, 5.41) is 0. The minimum Gasteiger partial charge on any atom is -0.378 e. The van der Waals surface area contributed by atoms with Crippen molar-refractivity contribution >= 4 is 11.8 Å². The molecule has 2 aromatic rings. The predicted molar refractivity (Wildman–Crippen MR) is 91.4 cm³/mol. The first-order valence-electron chi connectivity index (χ1n) is 8.00. The lowest BCUT2D eigenvalue weighted by Crippen LogP contribution is -2.64. The van der Waals surface area contributed by atoms with Crippen molar-refractivity contribution in [1.82, 2.24) is 4.90 Å². The molecule has 0 aromatic heterocycles. The third-order valence-electron chi connectivity index (χ3n) is 4.75. The van der Waals surface area contributed by atoms with Gasteiger partial charge in [0.2, 0.25) is 5.91 Å². The van der Waals surface area contributed by atoms with Gasteiger partial charge in [0.25, 0.3) is 5.91 Å². The molecule has 2 aromatic carbocycles. The van der Waals surface area contributed by atoms with Crippen LogP contribution in [0.4, 0.5) is 0 Å². The maximum absolute atomic E-state index is 12.8. The van der Waals surface area contributed by atoms with Crippen LogP contribution in [-0.2, 0) is 9.53 Å². The fourth-order valence-electron chi connectivity index (χ4n) is 3.23. The van der Waals surface area contributed by atoms with Crippen LogP contribution in [0.15, 0.2) is 60.7 Å². The van der Waals surface area contributed by atoms with E-state index >= 15 is 0 Å². The van der Waals surface area contributed by atoms with Crippen molar-refractivity contribution < 1.29 is 14.3 Å². The first kappa shape index (κ1) is 16.4. The van der Waals surface area contributed by atoms with E-state index in [2.05, 4.69) is 0 Å². The topological polar surface area (TPSA) is 46.6 Å². The third-order valence-corrected chi connectivity index (χ3v) is 4.75. The van der Waals surface area contributed by atoms with E-state index in [1.165, 1.54) is 4.90 Å². The Morgan fingerprint density at radius 2 is 1.54 bits per heavy atom. The molecule has 0 saturated carbocycles. The minimum atomic E-state index is -0.648. The molecule has 24 heavy (non-hydrogen) atoms. The zero-order chi connectivity index (χ0) is 17.3. The van der Waals surface area contributed by atoms with Gasteiger partial charge in [0.15, 0.2) is 0 Å². The smallest absolute Gasteiger partial charge is 0.261 e. The largest absolute Gasteiger partial charge is 0.378 e. The standard InChI is InChI=1S/C20H21NO3/c1-20(2,24-3)16-17(14-10-6-4-7-11-14)21(19(16)23)18(22)15-12-8-5-9-13-15/h4-13,16-17H,1-3H3. The van der Waals surface area contributed by atoms with Crippen molar-refractivity contribution in [2.24, 2.45) is 5.92 Å². The zero-order valence-electron chi connectivity index (χ0n) is 14.1. The van der Waals surface area contributed by atoms with Crippen LogP contribution in [0.1, 0.15) is 35.8 Å². The fraction of sp³-hybridized carbons (Fsp3) is 0.300. The van der Waals surface area contributed by atoms with Gasteiger partial charge < -0.3 is 4.74 Å². The van der Waals surface area contributed by atoms with Crippen LogP contribution >= 0.6 is 0 Å². The van der Waals surface area contributed by atoms with Gasteiger partial charge in [0.05, 0.1) is 17.6 Å². The summed E-state index contributed by atoms with van der Waals surface area (Å²) in [6.45, 7) is 3.77. The van der Waals surface area contributed by atoms with Crippen LogP contribution in [0.5, 0.6) is 0 Å². The number of hydrogen-bond acceptors (Lipinski definition) is 3. The lowest BCUT2D eigenvalue weighted by Gasteiger charge is -2.51. The normalized spacial score (nSPS) is 20.6. The van der Waals surface area contributed by atoms with E-state index in [0.29, 0.717) is 5.56 Å². The van der Waals surface area contributed by atoms with Gasteiger partial charge in [0.1, 0.15) is 0 Å². The average Bonchev–Trinajstić information content (AvgIpc) is 2.60. The molecular weight excluding hydrogens is 302 g/mol. The number of rotatable bonds is 4. The summed E-state index contributed by atoms with van der Waals surface area (Å²) in [6.07, 6.45) is 0. The number of carbonyl (C=O) groups excluding carboxylic acids is 2. The Hall–Kier alpha value is -2.46. The van der Waals surface area contributed by atoms with E-state index in [1.54, 1.807) is 31.4 Å². The van der Waals surface area contributed by atoms with Crippen molar-refractivity contribution in [1.29, 1.82) is 0 Å². The van der Waals surface area contributed by atoms with Gasteiger partial charge >= 0.3 is 0 Å². The molecule has 2 atom stereocenters. The highest BCUT2D eigenvalue weighted by molar-refractivity contribution is 6.09. The number of hydrogen-bond donors (Lipinski definition) is 0. The molecule has 3 rings (SSSR count). The zero-order valence-corrected chi connectivity index (χ0v) is 14.1. The predicted octanol–water partition coefficient (Wildman–Crippen LogP) is 3.45. The van der Waals surface area contributed by atoms with Gasteiger partial charge in [-0.25, -0.2) is 0 Å². The van der Waals surface area contributed by atoms with Crippen molar-refractivity contribution in [2.75, 3.05) is 7.11 Å². The number of benzene rings is 2. The lowest BCUT2D eigenvalue weighted by atomic mass is 9.72. The van der Waals surface area contributed by atoms with E-state index in [4.69, 9.17) is 4.74 Å². The van der Waals surface area contributed by atoms with Crippen molar-refractivity contribution in [3.63, 3.8) is 0 Å². The molecule has 2 amide bonds. The van der Waals surface area contributed by atoms with Crippen LogP contribution in [0.2, 0.25) is 0 Å². The van der Waals surface area contributed by atoms with E-state index in [1.807, 2.05) is 50.2 Å². The minimum absolute atomic E-state index is 0.190. The second kappa shape index (κ2) is 6.21. The highest BCUT2D eigenvalue weighted by atomic mass is 16.5. The number of β-lactam (4-membered cyclic amide) rings is 1. The second-order valence-corrected chi connectivity index (χ2v) is 6.52. The number of likely N-dealkylation sites (tertiary alicyclic amines) is 1. The maximum Gasteiger partial charge on any atom is 0.261 e. The first-order chi connectivity index (χ1) is 11.5. The van der Waals surface area contributed by atoms with Crippen molar-refractivity contribution in [3.8, 4) is 0 Å². The highest BCUT2D eigenvalue weighted by Gasteiger charge is 2.57. The molecule has 2 unspecified atom stereocenters. The Morgan fingerprint density at radius 1 is 1.00 bits per heavy atom. The molecule has 1 fully saturated rings. The molecule has 4 nitrogen and oxygen atoms in total. The van der Waals surface area contributed by atoms with Crippen LogP contribution in [0, 0.1) is 5.92 Å². The quantitative estimate of drug-likeness (QED) is 0.639. The Labute approximate surface area is 142 Å². The lowest BCUT2D eigenvalue weighted by molar-refractivity contribution is -0.171. The van der Waals surface area contributed by atoms with E-state index < -0.39 is 11.5 Å². The number of amides is 2. The molecule has 4 heteroatoms. The monoisotopic (exact) mass is 323 g/mol. The van der Waals surface area contributed by atoms with Crippen LogP contribution < -0.4 is 0 Å². The summed E-state index contributed by atoms with van der Waals surface area (Å²) in [5.41, 5.74) is 0.808. The molecule has 0 N–H and O–H groups in total. The van der Waals surface area contributed by atoms with Gasteiger partial charge in [-0.1, -0.05) is 48.5 Å². The van der Waals surface area contributed by atoms with Gasteiger partial charge in [0, 0.05) is 12.7 Å².